The molecule has 0 saturated carbocycles. The van der Waals surface area contributed by atoms with Crippen LogP contribution in [0.1, 0.15) is 17.0 Å². The molecule has 24 heavy (non-hydrogen) atoms. The molecule has 0 spiro atoms. The van der Waals surface area contributed by atoms with Crippen molar-refractivity contribution < 1.29 is 17.7 Å². The highest BCUT2D eigenvalue weighted by molar-refractivity contribution is 6.31. The third-order valence-corrected chi connectivity index (χ3v) is 3.86. The number of hydrogen-bond acceptors (Lipinski definition) is 3. The Bertz CT molecular complexity index is 932. The predicted molar refractivity (Wildman–Crippen MR) is 80.4 cm³/mol. The van der Waals surface area contributed by atoms with Crippen molar-refractivity contribution in [2.45, 2.75) is 13.0 Å². The summed E-state index contributed by atoms with van der Waals surface area (Å²) in [7, 11) is 0. The Balaban J connectivity index is 1.96. The van der Waals surface area contributed by atoms with E-state index in [2.05, 4.69) is 9.68 Å². The van der Waals surface area contributed by atoms with E-state index in [-0.39, 0.29) is 34.9 Å². The summed E-state index contributed by atoms with van der Waals surface area (Å²) in [5.74, 6) is -2.83. The van der Waals surface area contributed by atoms with Gasteiger partial charge in [0.2, 0.25) is 0 Å². The summed E-state index contributed by atoms with van der Waals surface area (Å²) < 4.78 is 46.2. The highest BCUT2D eigenvalue weighted by Gasteiger charge is 2.17. The zero-order valence-corrected chi connectivity index (χ0v) is 12.9. The first kappa shape index (κ1) is 16.3. The van der Waals surface area contributed by atoms with E-state index in [4.69, 9.17) is 11.6 Å². The van der Waals surface area contributed by atoms with Crippen molar-refractivity contribution in [1.82, 2.24) is 9.72 Å². The molecule has 3 aromatic rings. The summed E-state index contributed by atoms with van der Waals surface area (Å²) in [5.41, 5.74) is 0.211. The quantitative estimate of drug-likeness (QED) is 0.720. The van der Waals surface area contributed by atoms with Crippen LogP contribution < -0.4 is 5.76 Å². The van der Waals surface area contributed by atoms with Gasteiger partial charge in [0.05, 0.1) is 6.54 Å². The number of benzene rings is 2. The highest BCUT2D eigenvalue weighted by atomic mass is 35.5. The summed E-state index contributed by atoms with van der Waals surface area (Å²) in [6.45, 7) is -0.216. The fourth-order valence-electron chi connectivity index (χ4n) is 2.26. The molecule has 4 nitrogen and oxygen atoms in total. The van der Waals surface area contributed by atoms with Crippen molar-refractivity contribution in [1.29, 1.82) is 0 Å². The Labute approximate surface area is 139 Å². The van der Waals surface area contributed by atoms with Crippen molar-refractivity contribution in [3.05, 3.63) is 86.4 Å². The second-order valence-electron chi connectivity index (χ2n) is 5.06. The molecular formula is C16H10ClF3N2O2. The topological polar surface area (TPSA) is 48.0 Å². The van der Waals surface area contributed by atoms with Crippen molar-refractivity contribution in [2.75, 3.05) is 0 Å². The molecule has 8 heteroatoms. The Morgan fingerprint density at radius 2 is 1.92 bits per heavy atom. The smallest absolute Gasteiger partial charge is 0.296 e. The first-order valence-corrected chi connectivity index (χ1v) is 7.25. The number of hydrogen-bond donors (Lipinski definition) is 0. The van der Waals surface area contributed by atoms with Crippen LogP contribution in [0.15, 0.2) is 45.7 Å². The van der Waals surface area contributed by atoms with Crippen LogP contribution in [0.2, 0.25) is 5.02 Å². The van der Waals surface area contributed by atoms with E-state index in [0.717, 1.165) is 16.7 Å². The lowest BCUT2D eigenvalue weighted by Crippen LogP contribution is -2.19. The van der Waals surface area contributed by atoms with E-state index in [9.17, 15) is 18.0 Å². The SMILES string of the molecule is O=c1onc(Cc2ccc(F)cc2F)n1Cc1c(F)cccc1Cl. The lowest BCUT2D eigenvalue weighted by atomic mass is 10.1. The fourth-order valence-corrected chi connectivity index (χ4v) is 2.48. The van der Waals surface area contributed by atoms with E-state index < -0.39 is 23.2 Å². The largest absolute Gasteiger partial charge is 0.441 e. The molecule has 0 aliphatic carbocycles. The molecule has 3 rings (SSSR count). The Hall–Kier alpha value is -2.54. The average molecular weight is 355 g/mol. The van der Waals surface area contributed by atoms with Crippen molar-refractivity contribution in [2.24, 2.45) is 0 Å². The highest BCUT2D eigenvalue weighted by Crippen LogP contribution is 2.21. The Morgan fingerprint density at radius 1 is 1.12 bits per heavy atom. The average Bonchev–Trinajstić information content (AvgIpc) is 2.86. The van der Waals surface area contributed by atoms with Crippen molar-refractivity contribution in [3.8, 4) is 0 Å². The summed E-state index contributed by atoms with van der Waals surface area (Å²) in [6, 6.07) is 7.19. The number of nitrogens with zero attached hydrogens (tertiary/aromatic N) is 2. The number of rotatable bonds is 4. The van der Waals surface area contributed by atoms with E-state index in [1.165, 1.54) is 24.3 Å². The molecule has 1 heterocycles. The third-order valence-electron chi connectivity index (χ3n) is 3.50. The van der Waals surface area contributed by atoms with Gasteiger partial charge in [0.25, 0.3) is 0 Å². The molecule has 0 saturated heterocycles. The van der Waals surface area contributed by atoms with Crippen LogP contribution in [0, 0.1) is 17.5 Å². The number of halogens is 4. The molecule has 0 aliphatic heterocycles. The molecule has 0 fully saturated rings. The van der Waals surface area contributed by atoms with Crippen LogP contribution in [-0.4, -0.2) is 9.72 Å². The second kappa shape index (κ2) is 6.52. The zero-order valence-electron chi connectivity index (χ0n) is 12.1. The van der Waals surface area contributed by atoms with E-state index >= 15 is 0 Å². The van der Waals surface area contributed by atoms with Crippen molar-refractivity contribution in [3.63, 3.8) is 0 Å². The van der Waals surface area contributed by atoms with Crippen LogP contribution >= 0.6 is 11.6 Å². The van der Waals surface area contributed by atoms with Gasteiger partial charge in [0.15, 0.2) is 5.82 Å². The van der Waals surface area contributed by atoms with Gasteiger partial charge in [-0.3, -0.25) is 9.09 Å². The normalized spacial score (nSPS) is 11.0. The standard InChI is InChI=1S/C16H10ClF3N2O2/c17-12-2-1-3-13(19)11(12)8-22-15(21-24-16(22)23)6-9-4-5-10(18)7-14(9)20/h1-5,7H,6,8H2. The van der Waals surface area contributed by atoms with Crippen LogP contribution in [0.3, 0.4) is 0 Å². The third kappa shape index (κ3) is 3.21. The molecule has 0 amide bonds. The summed E-state index contributed by atoms with van der Waals surface area (Å²) in [5, 5.41) is 3.72. The minimum absolute atomic E-state index is 0.0739. The van der Waals surface area contributed by atoms with Crippen LogP contribution in [0.25, 0.3) is 0 Å². The van der Waals surface area contributed by atoms with E-state index in [1.54, 1.807) is 0 Å². The van der Waals surface area contributed by atoms with Crippen molar-refractivity contribution >= 4 is 11.6 Å². The Morgan fingerprint density at radius 3 is 2.62 bits per heavy atom. The van der Waals surface area contributed by atoms with Crippen LogP contribution in [0.4, 0.5) is 13.2 Å². The van der Waals surface area contributed by atoms with E-state index in [0.29, 0.717) is 0 Å². The van der Waals surface area contributed by atoms with E-state index in [1.807, 2.05) is 0 Å². The maximum Gasteiger partial charge on any atom is 0.441 e. The molecule has 0 N–H and O–H groups in total. The van der Waals surface area contributed by atoms with Crippen LogP contribution in [-0.2, 0) is 13.0 Å². The van der Waals surface area contributed by atoms with Gasteiger partial charge in [-0.15, -0.1) is 0 Å². The number of aromatic nitrogens is 2. The molecule has 1 aromatic heterocycles. The zero-order chi connectivity index (χ0) is 17.3. The monoisotopic (exact) mass is 354 g/mol. The maximum atomic E-state index is 13.9. The molecule has 0 bridgehead atoms. The first-order valence-electron chi connectivity index (χ1n) is 6.88. The van der Waals surface area contributed by atoms with Gasteiger partial charge in [0.1, 0.15) is 17.5 Å². The molecule has 2 aromatic carbocycles. The molecule has 0 aliphatic rings. The molecule has 124 valence electrons. The van der Waals surface area contributed by atoms with Crippen LogP contribution in [0.5, 0.6) is 0 Å². The Kier molecular flexibility index (Phi) is 4.44. The van der Waals surface area contributed by atoms with Gasteiger partial charge >= 0.3 is 5.76 Å². The molecule has 0 radical (unpaired) electrons. The lowest BCUT2D eigenvalue weighted by Gasteiger charge is -2.08. The minimum Gasteiger partial charge on any atom is -0.296 e. The van der Waals surface area contributed by atoms with Gasteiger partial charge in [-0.25, -0.2) is 18.0 Å². The molecule has 0 unspecified atom stereocenters. The molecular weight excluding hydrogens is 345 g/mol. The molecule has 0 atom stereocenters. The summed E-state index contributed by atoms with van der Waals surface area (Å²) >= 11 is 5.95. The fraction of sp³-hybridized carbons (Fsp3) is 0.125. The van der Waals surface area contributed by atoms with Gasteiger partial charge < -0.3 is 0 Å². The van der Waals surface area contributed by atoms with Gasteiger partial charge in [-0.05, 0) is 23.8 Å². The lowest BCUT2D eigenvalue weighted by molar-refractivity contribution is 0.374. The summed E-state index contributed by atoms with van der Waals surface area (Å²) in [6.07, 6.45) is -0.121. The summed E-state index contributed by atoms with van der Waals surface area (Å²) in [4.78, 5) is 11.8. The van der Waals surface area contributed by atoms with Gasteiger partial charge in [0, 0.05) is 23.1 Å². The maximum absolute atomic E-state index is 13.9. The van der Waals surface area contributed by atoms with Gasteiger partial charge in [-0.1, -0.05) is 28.9 Å². The van der Waals surface area contributed by atoms with Gasteiger partial charge in [-0.2, -0.15) is 0 Å². The predicted octanol–water partition coefficient (Wildman–Crippen LogP) is 3.55. The second-order valence-corrected chi connectivity index (χ2v) is 5.47. The first-order chi connectivity index (χ1) is 11.5. The minimum atomic E-state index is -0.827.